The third-order valence-corrected chi connectivity index (χ3v) is 4.78. The van der Waals surface area contributed by atoms with Crippen molar-refractivity contribution in [1.82, 2.24) is 9.55 Å². The summed E-state index contributed by atoms with van der Waals surface area (Å²) in [6, 6.07) is 0. The van der Waals surface area contributed by atoms with Gasteiger partial charge in [-0.3, -0.25) is 0 Å². The van der Waals surface area contributed by atoms with E-state index in [2.05, 4.69) is 4.98 Å². The van der Waals surface area contributed by atoms with Crippen LogP contribution in [-0.2, 0) is 24.6 Å². The van der Waals surface area contributed by atoms with E-state index in [1.807, 2.05) is 18.5 Å². The van der Waals surface area contributed by atoms with Gasteiger partial charge in [0.1, 0.15) is 10.3 Å². The Bertz CT molecular complexity index is 612. The topological polar surface area (TPSA) is 44.1 Å². The lowest BCUT2D eigenvalue weighted by molar-refractivity contribution is 0.0508. The van der Waals surface area contributed by atoms with E-state index in [1.54, 1.807) is 11.3 Å². The van der Waals surface area contributed by atoms with Gasteiger partial charge in [0.15, 0.2) is 0 Å². The molecule has 1 aliphatic carbocycles. The van der Waals surface area contributed by atoms with Crippen molar-refractivity contribution < 1.29 is 9.53 Å². The van der Waals surface area contributed by atoms with Crippen LogP contribution in [0.15, 0.2) is 0 Å². The van der Waals surface area contributed by atoms with Crippen molar-refractivity contribution in [1.29, 1.82) is 0 Å². The molecule has 0 bridgehead atoms. The van der Waals surface area contributed by atoms with Crippen molar-refractivity contribution in [3.8, 4) is 0 Å². The molecule has 96 valence electrons. The number of aromatic nitrogens is 2. The highest BCUT2D eigenvalue weighted by atomic mass is 32.1. The molecule has 18 heavy (non-hydrogen) atoms. The molecule has 1 aliphatic rings. The number of fused-ring (bicyclic) bond motifs is 3. The Hall–Kier alpha value is -1.36. The SMILES string of the molecule is CCOC(=O)c1nc2c3c(sc2n1C)CCCC3. The summed E-state index contributed by atoms with van der Waals surface area (Å²) in [7, 11) is 1.89. The van der Waals surface area contributed by atoms with Gasteiger partial charge in [0.25, 0.3) is 0 Å². The molecule has 0 amide bonds. The second-order valence-corrected chi connectivity index (χ2v) is 5.66. The van der Waals surface area contributed by atoms with Gasteiger partial charge in [-0.25, -0.2) is 9.78 Å². The zero-order chi connectivity index (χ0) is 12.7. The van der Waals surface area contributed by atoms with E-state index in [9.17, 15) is 4.79 Å². The number of nitrogens with zero attached hydrogens (tertiary/aromatic N) is 2. The second-order valence-electron chi connectivity index (χ2n) is 4.58. The maximum Gasteiger partial charge on any atom is 0.374 e. The molecular formula is C13H16N2O2S. The Labute approximate surface area is 110 Å². The first-order valence-corrected chi connectivity index (χ1v) is 7.18. The summed E-state index contributed by atoms with van der Waals surface area (Å²) in [6.45, 7) is 2.20. The molecule has 0 aromatic carbocycles. The average Bonchev–Trinajstić information content (AvgIpc) is 2.88. The third kappa shape index (κ3) is 1.65. The number of carbonyl (C=O) groups is 1. The Morgan fingerprint density at radius 3 is 3.00 bits per heavy atom. The summed E-state index contributed by atoms with van der Waals surface area (Å²) in [4.78, 5) is 18.9. The highest BCUT2D eigenvalue weighted by Crippen LogP contribution is 2.36. The fourth-order valence-electron chi connectivity index (χ4n) is 2.53. The lowest BCUT2D eigenvalue weighted by Crippen LogP contribution is -2.11. The molecule has 0 saturated heterocycles. The maximum atomic E-state index is 11.8. The van der Waals surface area contributed by atoms with Crippen molar-refractivity contribution in [3.05, 3.63) is 16.3 Å². The van der Waals surface area contributed by atoms with Gasteiger partial charge in [-0.2, -0.15) is 0 Å². The largest absolute Gasteiger partial charge is 0.460 e. The smallest absolute Gasteiger partial charge is 0.374 e. The number of imidazole rings is 1. The van der Waals surface area contributed by atoms with Gasteiger partial charge < -0.3 is 9.30 Å². The van der Waals surface area contributed by atoms with Gasteiger partial charge in [-0.15, -0.1) is 11.3 Å². The van der Waals surface area contributed by atoms with Gasteiger partial charge in [0.2, 0.25) is 5.82 Å². The van der Waals surface area contributed by atoms with Crippen LogP contribution in [-0.4, -0.2) is 22.1 Å². The van der Waals surface area contributed by atoms with Crippen molar-refractivity contribution in [3.63, 3.8) is 0 Å². The fourth-order valence-corrected chi connectivity index (χ4v) is 3.82. The van der Waals surface area contributed by atoms with Gasteiger partial charge in [0.05, 0.1) is 6.61 Å². The zero-order valence-corrected chi connectivity index (χ0v) is 11.5. The molecule has 0 radical (unpaired) electrons. The molecule has 2 aromatic rings. The average molecular weight is 264 g/mol. The van der Waals surface area contributed by atoms with Gasteiger partial charge in [-0.05, 0) is 38.2 Å². The number of aryl methyl sites for hydroxylation is 3. The Kier molecular flexibility index (Phi) is 2.86. The van der Waals surface area contributed by atoms with Gasteiger partial charge in [-0.1, -0.05) is 0 Å². The summed E-state index contributed by atoms with van der Waals surface area (Å²) in [6.07, 6.45) is 4.74. The summed E-state index contributed by atoms with van der Waals surface area (Å²) in [5.74, 6) is 0.0967. The summed E-state index contributed by atoms with van der Waals surface area (Å²) < 4.78 is 6.91. The molecule has 0 N–H and O–H groups in total. The molecule has 4 nitrogen and oxygen atoms in total. The van der Waals surface area contributed by atoms with E-state index in [0.29, 0.717) is 12.4 Å². The van der Waals surface area contributed by atoms with Crippen molar-refractivity contribution in [2.24, 2.45) is 7.05 Å². The predicted molar refractivity (Wildman–Crippen MR) is 71.2 cm³/mol. The van der Waals surface area contributed by atoms with Gasteiger partial charge in [0, 0.05) is 11.9 Å². The van der Waals surface area contributed by atoms with Crippen molar-refractivity contribution >= 4 is 27.7 Å². The summed E-state index contributed by atoms with van der Waals surface area (Å²) >= 11 is 1.78. The number of thiophene rings is 1. The number of carbonyl (C=O) groups excluding carboxylic acids is 1. The predicted octanol–water partition coefficient (Wildman–Crippen LogP) is 2.69. The molecule has 0 saturated carbocycles. The van der Waals surface area contributed by atoms with Crippen LogP contribution >= 0.6 is 11.3 Å². The first-order valence-electron chi connectivity index (χ1n) is 6.36. The molecular weight excluding hydrogens is 248 g/mol. The second kappa shape index (κ2) is 4.39. The van der Waals surface area contributed by atoms with Crippen LogP contribution in [0, 0.1) is 0 Å². The molecule has 2 heterocycles. The lowest BCUT2D eigenvalue weighted by atomic mass is 9.99. The number of rotatable bonds is 2. The van der Waals surface area contributed by atoms with Crippen LogP contribution in [0.25, 0.3) is 10.3 Å². The van der Waals surface area contributed by atoms with Gasteiger partial charge >= 0.3 is 5.97 Å². The molecule has 0 unspecified atom stereocenters. The van der Waals surface area contributed by atoms with E-state index in [1.165, 1.54) is 23.3 Å². The van der Waals surface area contributed by atoms with E-state index >= 15 is 0 Å². The number of hydrogen-bond acceptors (Lipinski definition) is 4. The fraction of sp³-hybridized carbons (Fsp3) is 0.538. The van der Waals surface area contributed by atoms with E-state index < -0.39 is 0 Å². The number of hydrogen-bond donors (Lipinski definition) is 0. The standard InChI is InChI=1S/C13H16N2O2S/c1-3-17-13(16)11-14-10-8-6-4-5-7-9(8)18-12(10)15(11)2/h3-7H2,1-2H3. The van der Waals surface area contributed by atoms with Crippen LogP contribution < -0.4 is 0 Å². The maximum absolute atomic E-state index is 11.8. The van der Waals surface area contributed by atoms with Crippen LogP contribution in [0.2, 0.25) is 0 Å². The number of esters is 1. The van der Waals surface area contributed by atoms with E-state index in [4.69, 9.17) is 4.74 Å². The lowest BCUT2D eigenvalue weighted by Gasteiger charge is -2.09. The minimum atomic E-state index is -0.326. The zero-order valence-electron chi connectivity index (χ0n) is 10.7. The molecule has 0 spiro atoms. The van der Waals surface area contributed by atoms with Crippen molar-refractivity contribution in [2.75, 3.05) is 6.61 Å². The Balaban J connectivity index is 2.12. The normalized spacial score (nSPS) is 14.8. The first kappa shape index (κ1) is 11.7. The molecule has 0 atom stereocenters. The van der Waals surface area contributed by atoms with Crippen LogP contribution in [0.3, 0.4) is 0 Å². The quantitative estimate of drug-likeness (QED) is 0.783. The molecule has 3 rings (SSSR count). The molecule has 2 aromatic heterocycles. The summed E-state index contributed by atoms with van der Waals surface area (Å²) in [5, 5.41) is 0. The highest BCUT2D eigenvalue weighted by molar-refractivity contribution is 7.18. The van der Waals surface area contributed by atoms with Crippen LogP contribution in [0.4, 0.5) is 0 Å². The Morgan fingerprint density at radius 2 is 2.22 bits per heavy atom. The highest BCUT2D eigenvalue weighted by Gasteiger charge is 2.23. The third-order valence-electron chi connectivity index (χ3n) is 3.42. The minimum absolute atomic E-state index is 0.326. The van der Waals surface area contributed by atoms with Crippen LogP contribution in [0.5, 0.6) is 0 Å². The molecule has 0 aliphatic heterocycles. The van der Waals surface area contributed by atoms with Crippen molar-refractivity contribution in [2.45, 2.75) is 32.6 Å². The monoisotopic (exact) mass is 264 g/mol. The van der Waals surface area contributed by atoms with Crippen LogP contribution in [0.1, 0.15) is 40.8 Å². The number of ether oxygens (including phenoxy) is 1. The minimum Gasteiger partial charge on any atom is -0.460 e. The Morgan fingerprint density at radius 1 is 1.44 bits per heavy atom. The first-order chi connectivity index (χ1) is 8.72. The molecule has 0 fully saturated rings. The van der Waals surface area contributed by atoms with E-state index in [0.717, 1.165) is 23.2 Å². The molecule has 5 heteroatoms. The summed E-state index contributed by atoms with van der Waals surface area (Å²) in [5.41, 5.74) is 2.37. The van der Waals surface area contributed by atoms with E-state index in [-0.39, 0.29) is 5.97 Å².